The molecule has 0 aliphatic carbocycles. The molecule has 1 fully saturated rings. The zero-order valence-electron chi connectivity index (χ0n) is 16.5. The Balaban J connectivity index is 1.37. The summed E-state index contributed by atoms with van der Waals surface area (Å²) in [5.41, 5.74) is 1.41. The number of carboxylic acids is 1. The Labute approximate surface area is 180 Å². The lowest BCUT2D eigenvalue weighted by Crippen LogP contribution is -2.39. The van der Waals surface area contributed by atoms with Crippen molar-refractivity contribution >= 4 is 27.6 Å². The van der Waals surface area contributed by atoms with Crippen LogP contribution in [0.4, 0.5) is 5.69 Å². The van der Waals surface area contributed by atoms with Gasteiger partial charge in [-0.3, -0.25) is 9.59 Å². The molecule has 0 saturated carbocycles. The molecule has 2 aliphatic heterocycles. The van der Waals surface area contributed by atoms with Crippen molar-refractivity contribution in [3.05, 3.63) is 72.3 Å². The van der Waals surface area contributed by atoms with Gasteiger partial charge in [0.1, 0.15) is 5.92 Å². The highest BCUT2D eigenvalue weighted by Crippen LogP contribution is 2.39. The molecule has 2 aliphatic rings. The molecule has 3 N–H and O–H groups in total. The number of sulfonamides is 1. The lowest BCUT2D eigenvalue weighted by Gasteiger charge is -2.21. The van der Waals surface area contributed by atoms with E-state index < -0.39 is 45.9 Å². The first-order valence-electron chi connectivity index (χ1n) is 9.86. The van der Waals surface area contributed by atoms with E-state index in [1.807, 2.05) is 30.3 Å². The zero-order valence-corrected chi connectivity index (χ0v) is 17.3. The average Bonchev–Trinajstić information content (AvgIpc) is 3.36. The predicted molar refractivity (Wildman–Crippen MR) is 113 cm³/mol. The lowest BCUT2D eigenvalue weighted by atomic mass is 9.82. The summed E-state index contributed by atoms with van der Waals surface area (Å²) in [6.45, 7) is 0.263. The predicted octanol–water partition coefficient (Wildman–Crippen LogP) is 1.80. The smallest absolute Gasteiger partial charge is 0.310 e. The number of rotatable bonds is 8. The van der Waals surface area contributed by atoms with Gasteiger partial charge in [0.25, 0.3) is 0 Å². The number of ether oxygens (including phenoxy) is 1. The third kappa shape index (κ3) is 4.53. The molecule has 162 valence electrons. The molecule has 4 atom stereocenters. The lowest BCUT2D eigenvalue weighted by molar-refractivity contribution is -0.145. The summed E-state index contributed by atoms with van der Waals surface area (Å²) in [5, 5.41) is 12.1. The Morgan fingerprint density at radius 3 is 2.23 bits per heavy atom. The van der Waals surface area contributed by atoms with Crippen molar-refractivity contribution in [2.75, 3.05) is 11.9 Å². The first-order valence-corrected chi connectivity index (χ1v) is 11.3. The van der Waals surface area contributed by atoms with Gasteiger partial charge in [0.15, 0.2) is 0 Å². The standard InChI is InChI=1S/C22H22N2O6S/c25-21(19-17-10-11-18(30-17)20(19)22(26)27)24-15-6-8-16(9-7-15)31(28,29)23-13-12-14-4-2-1-3-5-14/h1-11,17-20,23H,12-13H2,(H,24,25)(H,26,27)/t17-,18+,19+,20-/m1/s1. The maximum Gasteiger partial charge on any atom is 0.310 e. The van der Waals surface area contributed by atoms with E-state index in [4.69, 9.17) is 4.74 Å². The number of fused-ring (bicyclic) bond motifs is 2. The molecule has 1 saturated heterocycles. The number of hydrogen-bond acceptors (Lipinski definition) is 5. The zero-order chi connectivity index (χ0) is 22.0. The van der Waals surface area contributed by atoms with E-state index in [2.05, 4.69) is 10.0 Å². The van der Waals surface area contributed by atoms with Gasteiger partial charge in [0.05, 0.1) is 23.0 Å². The van der Waals surface area contributed by atoms with Crippen LogP contribution in [0, 0.1) is 11.8 Å². The summed E-state index contributed by atoms with van der Waals surface area (Å²) in [7, 11) is -3.69. The molecular formula is C22H22N2O6S. The van der Waals surface area contributed by atoms with Gasteiger partial charge in [-0.1, -0.05) is 42.5 Å². The molecule has 0 spiro atoms. The van der Waals surface area contributed by atoms with Gasteiger partial charge in [-0.2, -0.15) is 0 Å². The van der Waals surface area contributed by atoms with Crippen molar-refractivity contribution in [1.82, 2.24) is 4.72 Å². The Hall–Kier alpha value is -3.01. The topological polar surface area (TPSA) is 122 Å². The minimum Gasteiger partial charge on any atom is -0.481 e. The SMILES string of the molecule is O=C(Nc1ccc(S(=O)(=O)NCCc2ccccc2)cc1)[C@@H]1[C@H](C(=O)O)[C@@H]2C=C[C@H]1O2. The molecule has 0 aromatic heterocycles. The molecule has 8 nitrogen and oxygen atoms in total. The summed E-state index contributed by atoms with van der Waals surface area (Å²) in [6.07, 6.45) is 2.76. The van der Waals surface area contributed by atoms with Crippen LogP contribution in [0.1, 0.15) is 5.56 Å². The Morgan fingerprint density at radius 2 is 1.58 bits per heavy atom. The van der Waals surface area contributed by atoms with Crippen LogP contribution < -0.4 is 10.0 Å². The van der Waals surface area contributed by atoms with E-state index in [1.165, 1.54) is 24.3 Å². The fourth-order valence-corrected chi connectivity index (χ4v) is 4.95. The number of amides is 1. The van der Waals surface area contributed by atoms with Gasteiger partial charge < -0.3 is 15.2 Å². The number of nitrogens with one attached hydrogen (secondary N) is 2. The van der Waals surface area contributed by atoms with Crippen LogP contribution in [0.2, 0.25) is 0 Å². The van der Waals surface area contributed by atoms with E-state index in [1.54, 1.807) is 12.2 Å². The molecule has 0 radical (unpaired) electrons. The van der Waals surface area contributed by atoms with E-state index in [0.29, 0.717) is 12.1 Å². The summed E-state index contributed by atoms with van der Waals surface area (Å²) >= 11 is 0. The minimum atomic E-state index is -3.69. The second-order valence-electron chi connectivity index (χ2n) is 7.49. The summed E-state index contributed by atoms with van der Waals surface area (Å²) in [5.74, 6) is -3.33. The van der Waals surface area contributed by atoms with E-state index in [0.717, 1.165) is 5.56 Å². The van der Waals surface area contributed by atoms with Crippen LogP contribution in [-0.4, -0.2) is 44.2 Å². The number of benzene rings is 2. The van der Waals surface area contributed by atoms with Gasteiger partial charge in [-0.05, 0) is 36.2 Å². The molecule has 31 heavy (non-hydrogen) atoms. The summed E-state index contributed by atoms with van der Waals surface area (Å²) < 4.78 is 33.0. The largest absolute Gasteiger partial charge is 0.481 e. The highest BCUT2D eigenvalue weighted by atomic mass is 32.2. The molecule has 2 aromatic rings. The van der Waals surface area contributed by atoms with Gasteiger partial charge in [-0.15, -0.1) is 0 Å². The number of aliphatic carboxylic acids is 1. The number of carbonyl (C=O) groups excluding carboxylic acids is 1. The second-order valence-corrected chi connectivity index (χ2v) is 9.25. The van der Waals surface area contributed by atoms with Crippen molar-refractivity contribution in [2.24, 2.45) is 11.8 Å². The number of carbonyl (C=O) groups is 2. The van der Waals surface area contributed by atoms with Crippen LogP contribution in [0.25, 0.3) is 0 Å². The molecule has 0 unspecified atom stereocenters. The monoisotopic (exact) mass is 442 g/mol. The average molecular weight is 442 g/mol. The summed E-state index contributed by atoms with van der Waals surface area (Å²) in [4.78, 5) is 24.3. The van der Waals surface area contributed by atoms with Crippen molar-refractivity contribution in [2.45, 2.75) is 23.5 Å². The quantitative estimate of drug-likeness (QED) is 0.536. The number of hydrogen-bond donors (Lipinski definition) is 3. The molecule has 2 aromatic carbocycles. The maximum absolute atomic E-state index is 12.7. The van der Waals surface area contributed by atoms with E-state index in [9.17, 15) is 23.1 Å². The van der Waals surface area contributed by atoms with Crippen LogP contribution >= 0.6 is 0 Å². The normalized spacial score (nSPS) is 24.3. The van der Waals surface area contributed by atoms with Gasteiger partial charge in [0, 0.05) is 12.2 Å². The summed E-state index contributed by atoms with van der Waals surface area (Å²) in [6, 6.07) is 15.3. The van der Waals surface area contributed by atoms with Crippen molar-refractivity contribution in [1.29, 1.82) is 0 Å². The molecule has 4 rings (SSSR count). The fraction of sp³-hybridized carbons (Fsp3) is 0.273. The van der Waals surface area contributed by atoms with Gasteiger partial charge in [0.2, 0.25) is 15.9 Å². The van der Waals surface area contributed by atoms with Crippen molar-refractivity contribution in [3.8, 4) is 0 Å². The molecule has 9 heteroatoms. The number of carboxylic acid groups (broad SMARTS) is 1. The van der Waals surface area contributed by atoms with E-state index in [-0.39, 0.29) is 11.4 Å². The molecule has 2 bridgehead atoms. The van der Waals surface area contributed by atoms with Crippen LogP contribution in [0.15, 0.2) is 71.6 Å². The molecular weight excluding hydrogens is 420 g/mol. The van der Waals surface area contributed by atoms with Crippen LogP contribution in [0.3, 0.4) is 0 Å². The first-order chi connectivity index (χ1) is 14.8. The third-order valence-corrected chi connectivity index (χ3v) is 6.95. The maximum atomic E-state index is 12.7. The molecule has 1 amide bonds. The highest BCUT2D eigenvalue weighted by Gasteiger charge is 2.53. The third-order valence-electron chi connectivity index (χ3n) is 5.47. The Kier molecular flexibility index (Phi) is 5.90. The van der Waals surface area contributed by atoms with E-state index >= 15 is 0 Å². The number of anilines is 1. The van der Waals surface area contributed by atoms with Gasteiger partial charge >= 0.3 is 5.97 Å². The minimum absolute atomic E-state index is 0.0770. The van der Waals surface area contributed by atoms with Crippen LogP contribution in [0.5, 0.6) is 0 Å². The highest BCUT2D eigenvalue weighted by molar-refractivity contribution is 7.89. The first kappa shape index (κ1) is 21.2. The second kappa shape index (κ2) is 8.62. The van der Waals surface area contributed by atoms with Crippen molar-refractivity contribution < 1.29 is 27.9 Å². The van der Waals surface area contributed by atoms with Gasteiger partial charge in [-0.25, -0.2) is 13.1 Å². The van der Waals surface area contributed by atoms with Crippen molar-refractivity contribution in [3.63, 3.8) is 0 Å². The molecule has 2 heterocycles. The fourth-order valence-electron chi connectivity index (χ4n) is 3.92. The Morgan fingerprint density at radius 1 is 0.935 bits per heavy atom. The Bertz CT molecular complexity index is 1100. The van der Waals surface area contributed by atoms with Crippen LogP contribution in [-0.2, 0) is 30.8 Å².